The largest absolute Gasteiger partial charge is 0.460 e. The Morgan fingerprint density at radius 2 is 1.67 bits per heavy atom. The monoisotopic (exact) mass is 638 g/mol. The van der Waals surface area contributed by atoms with Gasteiger partial charge in [-0.25, -0.2) is 4.79 Å². The highest BCUT2D eigenvalue weighted by Crippen LogP contribution is 2.68. The van der Waals surface area contributed by atoms with E-state index in [9.17, 15) is 40.2 Å². The number of hydrogen-bond acceptors (Lipinski definition) is 10. The highest BCUT2D eigenvalue weighted by atomic mass is 16.6. The van der Waals surface area contributed by atoms with Crippen molar-refractivity contribution in [2.45, 2.75) is 147 Å². The summed E-state index contributed by atoms with van der Waals surface area (Å²) in [7, 11) is 0. The van der Waals surface area contributed by atoms with Gasteiger partial charge in [0.05, 0.1) is 18.3 Å². The molecule has 13 atom stereocenters. The van der Waals surface area contributed by atoms with Gasteiger partial charge in [-0.3, -0.25) is 4.79 Å². The molecule has 0 aromatic rings. The second-order valence-corrected chi connectivity index (χ2v) is 15.8. The summed E-state index contributed by atoms with van der Waals surface area (Å²) >= 11 is 0. The third kappa shape index (κ3) is 6.94. The Morgan fingerprint density at radius 3 is 2.31 bits per heavy atom. The lowest BCUT2D eigenvalue weighted by Crippen LogP contribution is -2.58. The number of fused-ring (bicyclic) bond motifs is 5. The first kappa shape index (κ1) is 36.4. The smallest absolute Gasteiger partial charge is 0.338 e. The number of allylic oxidation sites excluding steroid dienone is 1. The van der Waals surface area contributed by atoms with Crippen LogP contribution in [-0.2, 0) is 14.3 Å². The number of aliphatic hydroxyl groups is 7. The highest BCUT2D eigenvalue weighted by molar-refractivity contribution is 5.91. The van der Waals surface area contributed by atoms with Crippen LogP contribution < -0.4 is 0 Å². The molecule has 10 nitrogen and oxygen atoms in total. The van der Waals surface area contributed by atoms with Gasteiger partial charge in [0.25, 0.3) is 0 Å². The molecule has 45 heavy (non-hydrogen) atoms. The molecular weight excluding hydrogens is 580 g/mol. The summed E-state index contributed by atoms with van der Waals surface area (Å²) in [5, 5.41) is 73.6. The fourth-order valence-electron chi connectivity index (χ4n) is 9.98. The number of aliphatic hydroxyl groups excluding tert-OH is 6. The maximum atomic E-state index is 13.3. The van der Waals surface area contributed by atoms with E-state index in [-0.39, 0.29) is 23.0 Å². The maximum absolute atomic E-state index is 13.3. The Labute approximate surface area is 267 Å². The summed E-state index contributed by atoms with van der Waals surface area (Å²) in [6.07, 6.45) is -0.0696. The van der Waals surface area contributed by atoms with Gasteiger partial charge in [-0.15, -0.1) is 0 Å². The molecule has 0 bridgehead atoms. The minimum absolute atomic E-state index is 0.0403. The van der Waals surface area contributed by atoms with Gasteiger partial charge < -0.3 is 40.5 Å². The third-order valence-corrected chi connectivity index (χ3v) is 12.5. The summed E-state index contributed by atoms with van der Waals surface area (Å²) in [5.41, 5.74) is -1.00. The minimum Gasteiger partial charge on any atom is -0.460 e. The van der Waals surface area contributed by atoms with Gasteiger partial charge >= 0.3 is 5.97 Å². The lowest BCUT2D eigenvalue weighted by atomic mass is 9.46. The van der Waals surface area contributed by atoms with Crippen molar-refractivity contribution in [2.24, 2.45) is 40.4 Å². The lowest BCUT2D eigenvalue weighted by Gasteiger charge is -2.59. The summed E-state index contributed by atoms with van der Waals surface area (Å²) in [6, 6.07) is 0. The topological polar surface area (TPSA) is 185 Å². The molecule has 13 unspecified atom stereocenters. The van der Waals surface area contributed by atoms with E-state index >= 15 is 0 Å². The second kappa shape index (κ2) is 14.0. The van der Waals surface area contributed by atoms with Crippen LogP contribution in [0.4, 0.5) is 0 Å². The van der Waals surface area contributed by atoms with Crippen LogP contribution in [0.5, 0.6) is 0 Å². The first-order valence-corrected chi connectivity index (χ1v) is 17.2. The molecule has 0 aliphatic heterocycles. The number of ketones is 1. The molecule has 258 valence electrons. The maximum Gasteiger partial charge on any atom is 0.338 e. The molecule has 3 saturated carbocycles. The number of rotatable bonds is 13. The number of carbonyl (C=O) groups excluding carboxylic acids is 2. The van der Waals surface area contributed by atoms with Crippen molar-refractivity contribution in [2.75, 3.05) is 6.61 Å². The molecule has 0 aromatic carbocycles. The average Bonchev–Trinajstić information content (AvgIpc) is 3.29. The molecule has 3 fully saturated rings. The molecular formula is C35H58O10. The molecule has 4 aliphatic rings. The Kier molecular flexibility index (Phi) is 11.3. The van der Waals surface area contributed by atoms with E-state index < -0.39 is 66.1 Å². The van der Waals surface area contributed by atoms with E-state index in [2.05, 4.69) is 27.7 Å². The molecule has 0 aromatic heterocycles. The summed E-state index contributed by atoms with van der Waals surface area (Å²) < 4.78 is 5.92. The number of esters is 1. The first-order valence-electron chi connectivity index (χ1n) is 17.2. The highest BCUT2D eigenvalue weighted by Gasteiger charge is 2.66. The molecule has 0 heterocycles. The second-order valence-electron chi connectivity index (χ2n) is 15.8. The van der Waals surface area contributed by atoms with Gasteiger partial charge in [-0.05, 0) is 92.4 Å². The molecule has 10 heteroatoms. The fraction of sp³-hybridized carbons (Fsp3) is 0.886. The van der Waals surface area contributed by atoms with E-state index in [0.29, 0.717) is 31.1 Å². The molecule has 0 amide bonds. The van der Waals surface area contributed by atoms with Gasteiger partial charge in [0.2, 0.25) is 0 Å². The third-order valence-electron chi connectivity index (χ3n) is 12.5. The average molecular weight is 639 g/mol. The van der Waals surface area contributed by atoms with Crippen molar-refractivity contribution >= 4 is 11.8 Å². The van der Waals surface area contributed by atoms with Gasteiger partial charge in [0, 0.05) is 12.3 Å². The summed E-state index contributed by atoms with van der Waals surface area (Å²) in [6.45, 7) is 9.42. The van der Waals surface area contributed by atoms with Crippen molar-refractivity contribution in [3.8, 4) is 0 Å². The van der Waals surface area contributed by atoms with Gasteiger partial charge in [0.15, 0.2) is 11.9 Å². The van der Waals surface area contributed by atoms with Crippen LogP contribution in [0.25, 0.3) is 0 Å². The molecule has 0 spiro atoms. The predicted octanol–water partition coefficient (Wildman–Crippen LogP) is 2.42. The summed E-state index contributed by atoms with van der Waals surface area (Å²) in [4.78, 5) is 25.6. The minimum atomic E-state index is -2.20. The Morgan fingerprint density at radius 1 is 1.00 bits per heavy atom. The van der Waals surface area contributed by atoms with Gasteiger partial charge in [0.1, 0.15) is 24.4 Å². The van der Waals surface area contributed by atoms with Crippen molar-refractivity contribution in [3.63, 3.8) is 0 Å². The molecule has 4 aliphatic carbocycles. The number of carbonyl (C=O) groups is 2. The SMILES string of the molecule is CC(C)CCCCC(O)C(C)(O)C1C(OC(=O)C(O)C(O)C(O)C(O)CO)CC2C3CCC4=CC(=O)CCC4(C)C3CCC21C. The van der Waals surface area contributed by atoms with Gasteiger partial charge in [-0.2, -0.15) is 0 Å². The standard InChI is InChI=1S/C35H58O10/c1-19(2)8-6-7-9-27(39)35(5,44)31-26(45-32(43)30(42)29(41)28(40)25(38)18-36)17-24-22-11-10-20-16-21(37)12-14-33(20,3)23(22)13-15-34(24,31)4/h16,19,22-31,36,38-42,44H,6-15,17-18H2,1-5H3. The number of ether oxygens (including phenoxy) is 1. The van der Waals surface area contributed by atoms with Crippen molar-refractivity contribution in [3.05, 3.63) is 11.6 Å². The van der Waals surface area contributed by atoms with E-state index in [1.807, 2.05) is 6.08 Å². The molecule has 7 N–H and O–H groups in total. The quantitative estimate of drug-likeness (QED) is 0.117. The Balaban J connectivity index is 1.63. The van der Waals surface area contributed by atoms with Crippen LogP contribution in [-0.4, -0.2) is 96.3 Å². The Bertz CT molecular complexity index is 1090. The van der Waals surface area contributed by atoms with Gasteiger partial charge in [-0.1, -0.05) is 52.5 Å². The Hall–Kier alpha value is -1.40. The normalized spacial score (nSPS) is 37.8. The first-order chi connectivity index (χ1) is 21.0. The molecule has 0 radical (unpaired) electrons. The van der Waals surface area contributed by atoms with Crippen LogP contribution in [0.1, 0.15) is 105 Å². The van der Waals surface area contributed by atoms with E-state index in [4.69, 9.17) is 9.84 Å². The van der Waals surface area contributed by atoms with Crippen LogP contribution in [0, 0.1) is 40.4 Å². The van der Waals surface area contributed by atoms with Crippen molar-refractivity contribution < 1.29 is 50.1 Å². The lowest BCUT2D eigenvalue weighted by molar-refractivity contribution is -0.194. The zero-order chi connectivity index (χ0) is 33.5. The zero-order valence-electron chi connectivity index (χ0n) is 27.8. The number of unbranched alkanes of at least 4 members (excludes halogenated alkanes) is 1. The molecule has 4 rings (SSSR count). The van der Waals surface area contributed by atoms with Crippen LogP contribution >= 0.6 is 0 Å². The van der Waals surface area contributed by atoms with E-state index in [0.717, 1.165) is 51.4 Å². The predicted molar refractivity (Wildman–Crippen MR) is 167 cm³/mol. The van der Waals surface area contributed by atoms with Crippen LogP contribution in [0.3, 0.4) is 0 Å². The molecule has 0 saturated heterocycles. The van der Waals surface area contributed by atoms with Crippen molar-refractivity contribution in [1.82, 2.24) is 0 Å². The van der Waals surface area contributed by atoms with Crippen LogP contribution in [0.2, 0.25) is 0 Å². The van der Waals surface area contributed by atoms with E-state index in [1.165, 1.54) is 5.57 Å². The van der Waals surface area contributed by atoms with E-state index in [1.54, 1.807) is 6.92 Å². The fourth-order valence-corrected chi connectivity index (χ4v) is 9.98. The van der Waals surface area contributed by atoms with Crippen molar-refractivity contribution in [1.29, 1.82) is 0 Å². The van der Waals surface area contributed by atoms with Crippen LogP contribution in [0.15, 0.2) is 11.6 Å². The zero-order valence-corrected chi connectivity index (χ0v) is 27.8. The summed E-state index contributed by atoms with van der Waals surface area (Å²) in [5.74, 6) is -0.536. The number of hydrogen-bond donors (Lipinski definition) is 7.